The molecule has 6 nitrogen and oxygen atoms in total. The summed E-state index contributed by atoms with van der Waals surface area (Å²) < 4.78 is 5.61. The molecule has 3 rings (SSSR count). The number of piperidine rings is 1. The number of aromatic nitrogens is 3. The molecule has 1 aliphatic heterocycles. The van der Waals surface area contributed by atoms with E-state index in [4.69, 9.17) is 4.42 Å². The fourth-order valence-electron chi connectivity index (χ4n) is 3.09. The fraction of sp³-hybridized carbons (Fsp3) is 0.625. The topological polar surface area (TPSA) is 72.1 Å². The standard InChI is InChI=1S/C16H22N4O2S2/c1-10-4-11(2)7-20(6-10)15(21)9-24-16-19-18-14(22-16)5-13-8-23-12(3)17-13/h8,10-11H,4-7,9H2,1-3H3. The van der Waals surface area contributed by atoms with Crippen LogP contribution < -0.4 is 0 Å². The van der Waals surface area contributed by atoms with E-state index in [0.717, 1.165) is 23.8 Å². The molecule has 2 atom stereocenters. The highest BCUT2D eigenvalue weighted by Crippen LogP contribution is 2.23. The number of nitrogens with zero attached hydrogens (tertiary/aromatic N) is 4. The molecule has 0 N–H and O–H groups in total. The number of hydrogen-bond acceptors (Lipinski definition) is 7. The molecule has 1 saturated heterocycles. The van der Waals surface area contributed by atoms with E-state index in [9.17, 15) is 4.79 Å². The second-order valence-electron chi connectivity index (χ2n) is 6.53. The first-order valence-electron chi connectivity index (χ1n) is 8.13. The second kappa shape index (κ2) is 7.65. The maximum atomic E-state index is 12.4. The Morgan fingerprint density at radius 1 is 1.38 bits per heavy atom. The molecule has 0 aliphatic carbocycles. The van der Waals surface area contributed by atoms with E-state index >= 15 is 0 Å². The first-order valence-corrected chi connectivity index (χ1v) is 10.00. The Morgan fingerprint density at radius 3 is 2.79 bits per heavy atom. The van der Waals surface area contributed by atoms with Crippen molar-refractivity contribution in [3.63, 3.8) is 0 Å². The monoisotopic (exact) mass is 366 g/mol. The molecule has 0 spiro atoms. The molecule has 130 valence electrons. The molecule has 1 amide bonds. The summed E-state index contributed by atoms with van der Waals surface area (Å²) in [6, 6.07) is 0. The average Bonchev–Trinajstić information content (AvgIpc) is 3.13. The number of aryl methyl sites for hydroxylation is 1. The molecule has 0 aromatic carbocycles. The molecule has 0 radical (unpaired) electrons. The molecular weight excluding hydrogens is 344 g/mol. The highest BCUT2D eigenvalue weighted by atomic mass is 32.2. The minimum absolute atomic E-state index is 0.147. The summed E-state index contributed by atoms with van der Waals surface area (Å²) >= 11 is 2.92. The van der Waals surface area contributed by atoms with Crippen LogP contribution in [0.2, 0.25) is 0 Å². The van der Waals surface area contributed by atoms with Gasteiger partial charge < -0.3 is 9.32 Å². The Bertz CT molecular complexity index is 690. The maximum absolute atomic E-state index is 12.4. The van der Waals surface area contributed by atoms with Crippen LogP contribution in [0.3, 0.4) is 0 Å². The largest absolute Gasteiger partial charge is 0.416 e. The van der Waals surface area contributed by atoms with Gasteiger partial charge in [0.15, 0.2) is 0 Å². The first-order chi connectivity index (χ1) is 11.5. The van der Waals surface area contributed by atoms with Crippen molar-refractivity contribution < 1.29 is 9.21 Å². The van der Waals surface area contributed by atoms with Crippen molar-refractivity contribution in [2.45, 2.75) is 38.8 Å². The SMILES string of the molecule is Cc1nc(Cc2nnc(SCC(=O)N3CC(C)CC(C)C3)o2)cs1. The lowest BCUT2D eigenvalue weighted by atomic mass is 9.92. The summed E-state index contributed by atoms with van der Waals surface area (Å²) in [7, 11) is 0. The third-order valence-electron chi connectivity index (χ3n) is 3.99. The number of thiazole rings is 1. The number of rotatable bonds is 5. The molecule has 2 unspecified atom stereocenters. The molecule has 1 aliphatic rings. The van der Waals surface area contributed by atoms with E-state index in [1.54, 1.807) is 11.3 Å². The van der Waals surface area contributed by atoms with Crippen LogP contribution in [-0.2, 0) is 11.2 Å². The van der Waals surface area contributed by atoms with Crippen molar-refractivity contribution >= 4 is 29.0 Å². The van der Waals surface area contributed by atoms with Crippen LogP contribution in [0.1, 0.15) is 36.9 Å². The van der Waals surface area contributed by atoms with Gasteiger partial charge in [0.05, 0.1) is 22.9 Å². The van der Waals surface area contributed by atoms with E-state index in [1.807, 2.05) is 17.2 Å². The molecule has 2 aromatic heterocycles. The summed E-state index contributed by atoms with van der Waals surface area (Å²) in [5.74, 6) is 2.17. The predicted octanol–water partition coefficient (Wildman–Crippen LogP) is 3.02. The van der Waals surface area contributed by atoms with Crippen molar-refractivity contribution in [2.75, 3.05) is 18.8 Å². The molecule has 1 fully saturated rings. The van der Waals surface area contributed by atoms with Gasteiger partial charge in [-0.1, -0.05) is 25.6 Å². The lowest BCUT2D eigenvalue weighted by Gasteiger charge is -2.34. The Hall–Kier alpha value is -1.41. The lowest BCUT2D eigenvalue weighted by molar-refractivity contribution is -0.130. The number of likely N-dealkylation sites (tertiary alicyclic amines) is 1. The van der Waals surface area contributed by atoms with Gasteiger partial charge in [-0.2, -0.15) is 0 Å². The molecule has 24 heavy (non-hydrogen) atoms. The zero-order chi connectivity index (χ0) is 17.1. The molecular formula is C16H22N4O2S2. The van der Waals surface area contributed by atoms with Gasteiger partial charge in [0.1, 0.15) is 0 Å². The number of thioether (sulfide) groups is 1. The highest BCUT2D eigenvalue weighted by Gasteiger charge is 2.25. The van der Waals surface area contributed by atoms with Crippen molar-refractivity contribution in [1.29, 1.82) is 0 Å². The Balaban J connectivity index is 1.50. The van der Waals surface area contributed by atoms with E-state index in [1.165, 1.54) is 18.2 Å². The third-order valence-corrected chi connectivity index (χ3v) is 5.61. The van der Waals surface area contributed by atoms with Crippen LogP contribution in [0.25, 0.3) is 0 Å². The zero-order valence-corrected chi connectivity index (χ0v) is 15.8. The number of amides is 1. The third kappa shape index (κ3) is 4.57. The van der Waals surface area contributed by atoms with Crippen molar-refractivity contribution in [3.8, 4) is 0 Å². The minimum Gasteiger partial charge on any atom is -0.416 e. The normalized spacial score (nSPS) is 21.2. The predicted molar refractivity (Wildman–Crippen MR) is 94.2 cm³/mol. The van der Waals surface area contributed by atoms with Crippen LogP contribution in [0, 0.1) is 18.8 Å². The number of carbonyl (C=O) groups excluding carboxylic acids is 1. The highest BCUT2D eigenvalue weighted by molar-refractivity contribution is 7.99. The number of carbonyl (C=O) groups is 1. The average molecular weight is 367 g/mol. The van der Waals surface area contributed by atoms with Crippen LogP contribution in [0.4, 0.5) is 0 Å². The number of hydrogen-bond donors (Lipinski definition) is 0. The summed E-state index contributed by atoms with van der Waals surface area (Å²) in [4.78, 5) is 18.7. The van der Waals surface area contributed by atoms with Gasteiger partial charge in [0.2, 0.25) is 11.8 Å². The molecule has 2 aromatic rings. The zero-order valence-electron chi connectivity index (χ0n) is 14.2. The van der Waals surface area contributed by atoms with Gasteiger partial charge in [-0.25, -0.2) is 4.98 Å². The Labute approximate surface area is 150 Å². The van der Waals surface area contributed by atoms with Crippen molar-refractivity contribution in [1.82, 2.24) is 20.1 Å². The van der Waals surface area contributed by atoms with Gasteiger partial charge in [-0.05, 0) is 25.2 Å². The van der Waals surface area contributed by atoms with Crippen molar-refractivity contribution in [2.24, 2.45) is 11.8 Å². The summed E-state index contributed by atoms with van der Waals surface area (Å²) in [6.07, 6.45) is 1.73. The van der Waals surface area contributed by atoms with Gasteiger partial charge in [-0.3, -0.25) is 4.79 Å². The van der Waals surface area contributed by atoms with Crippen LogP contribution in [0.15, 0.2) is 15.0 Å². The van der Waals surface area contributed by atoms with Gasteiger partial charge in [0, 0.05) is 18.5 Å². The van der Waals surface area contributed by atoms with Crippen molar-refractivity contribution in [3.05, 3.63) is 22.0 Å². The van der Waals surface area contributed by atoms with E-state index in [-0.39, 0.29) is 5.91 Å². The van der Waals surface area contributed by atoms with Crippen LogP contribution in [-0.4, -0.2) is 44.8 Å². The summed E-state index contributed by atoms with van der Waals surface area (Å²) in [6.45, 7) is 8.07. The summed E-state index contributed by atoms with van der Waals surface area (Å²) in [5.41, 5.74) is 0.935. The Kier molecular flexibility index (Phi) is 5.55. The van der Waals surface area contributed by atoms with E-state index in [2.05, 4.69) is 29.0 Å². The Morgan fingerprint density at radius 2 is 2.12 bits per heavy atom. The van der Waals surface area contributed by atoms with E-state index < -0.39 is 0 Å². The molecule has 0 saturated carbocycles. The molecule has 0 bridgehead atoms. The van der Waals surface area contributed by atoms with Gasteiger partial charge >= 0.3 is 0 Å². The lowest BCUT2D eigenvalue weighted by Crippen LogP contribution is -2.43. The summed E-state index contributed by atoms with van der Waals surface area (Å²) in [5, 5.41) is 11.5. The minimum atomic E-state index is 0.147. The molecule has 8 heteroatoms. The van der Waals surface area contributed by atoms with Gasteiger partial charge in [-0.15, -0.1) is 21.5 Å². The second-order valence-corrected chi connectivity index (χ2v) is 8.52. The molecule has 3 heterocycles. The quantitative estimate of drug-likeness (QED) is 0.758. The van der Waals surface area contributed by atoms with Gasteiger partial charge in [0.25, 0.3) is 5.22 Å². The smallest absolute Gasteiger partial charge is 0.277 e. The van der Waals surface area contributed by atoms with E-state index in [0.29, 0.717) is 35.1 Å². The van der Waals surface area contributed by atoms with Crippen LogP contribution >= 0.6 is 23.1 Å². The fourth-order valence-corrected chi connectivity index (χ4v) is 4.39. The maximum Gasteiger partial charge on any atom is 0.277 e. The first kappa shape index (κ1) is 17.4. The van der Waals surface area contributed by atoms with Crippen LogP contribution in [0.5, 0.6) is 0 Å².